The van der Waals surface area contributed by atoms with E-state index in [-0.39, 0.29) is 23.8 Å². The first-order valence-corrected chi connectivity index (χ1v) is 11.2. The first-order chi connectivity index (χ1) is 15.3. The summed E-state index contributed by atoms with van der Waals surface area (Å²) in [7, 11) is 0. The molecular weight excluding hydrogens is 424 g/mol. The van der Waals surface area contributed by atoms with Gasteiger partial charge in [0.05, 0.1) is 17.1 Å². The molecule has 0 unspecified atom stereocenters. The summed E-state index contributed by atoms with van der Waals surface area (Å²) < 4.78 is 1.83. The van der Waals surface area contributed by atoms with E-state index in [9.17, 15) is 9.59 Å². The summed E-state index contributed by atoms with van der Waals surface area (Å²) in [5.74, 6) is -0.337. The summed E-state index contributed by atoms with van der Waals surface area (Å²) in [6.45, 7) is 8.15. The first-order valence-electron chi connectivity index (χ1n) is 10.3. The number of hydrogen-bond donors (Lipinski definition) is 2. The Balaban J connectivity index is 1.58. The number of nitrogens with one attached hydrogen (secondary N) is 2. The highest BCUT2D eigenvalue weighted by Gasteiger charge is 2.19. The number of amides is 2. The van der Waals surface area contributed by atoms with Crippen LogP contribution in [0.25, 0.3) is 11.0 Å². The van der Waals surface area contributed by atoms with E-state index in [1.54, 1.807) is 42.0 Å². The van der Waals surface area contributed by atoms with E-state index in [0.717, 1.165) is 5.69 Å². The van der Waals surface area contributed by atoms with Gasteiger partial charge in [-0.25, -0.2) is 14.6 Å². The van der Waals surface area contributed by atoms with E-state index >= 15 is 0 Å². The Kier molecular flexibility index (Phi) is 6.00. The van der Waals surface area contributed by atoms with Crippen LogP contribution in [0, 0.1) is 0 Å². The molecule has 4 aromatic rings. The number of hydrogen-bond acceptors (Lipinski definition) is 6. The van der Waals surface area contributed by atoms with Gasteiger partial charge in [0.2, 0.25) is 0 Å². The number of anilines is 2. The fourth-order valence-electron chi connectivity index (χ4n) is 3.26. The predicted octanol–water partition coefficient (Wildman–Crippen LogP) is 5.10. The van der Waals surface area contributed by atoms with Crippen molar-refractivity contribution >= 4 is 45.0 Å². The molecule has 2 amide bonds. The standard InChI is InChI=1S/C23H24N6O2S/c1-13(2)19-11-17(18-12-25-29(14(3)4)20(18)27-19)22(31)26-16-7-5-15(6-8-16)21(30)28-23-24-9-10-32-23/h5-14H,1-4H3,(H,26,31)(H,24,28,30). The van der Waals surface area contributed by atoms with Crippen molar-refractivity contribution in [3.05, 3.63) is 64.9 Å². The SMILES string of the molecule is CC(C)c1cc(C(=O)Nc2ccc(C(=O)Nc3nccs3)cc2)c2cnn(C(C)C)c2n1. The van der Waals surface area contributed by atoms with Gasteiger partial charge in [-0.05, 0) is 50.1 Å². The molecule has 0 saturated heterocycles. The normalized spacial score (nSPS) is 11.3. The second-order valence-electron chi connectivity index (χ2n) is 7.99. The molecule has 0 aliphatic rings. The van der Waals surface area contributed by atoms with Crippen molar-refractivity contribution in [2.75, 3.05) is 10.6 Å². The summed E-state index contributed by atoms with van der Waals surface area (Å²) in [6.07, 6.45) is 3.32. The van der Waals surface area contributed by atoms with Crippen molar-refractivity contribution in [2.24, 2.45) is 0 Å². The molecule has 0 atom stereocenters. The number of pyridine rings is 1. The second kappa shape index (κ2) is 8.88. The van der Waals surface area contributed by atoms with Crippen LogP contribution in [0.15, 0.2) is 48.1 Å². The molecule has 0 fully saturated rings. The highest BCUT2D eigenvalue weighted by molar-refractivity contribution is 7.13. The molecule has 32 heavy (non-hydrogen) atoms. The number of benzene rings is 1. The van der Waals surface area contributed by atoms with Gasteiger partial charge in [-0.1, -0.05) is 13.8 Å². The van der Waals surface area contributed by atoms with Crippen LogP contribution in [0.4, 0.5) is 10.8 Å². The van der Waals surface area contributed by atoms with Crippen molar-refractivity contribution in [2.45, 2.75) is 39.7 Å². The molecule has 0 spiro atoms. The quantitative estimate of drug-likeness (QED) is 0.427. The largest absolute Gasteiger partial charge is 0.322 e. The zero-order valence-corrected chi connectivity index (χ0v) is 19.1. The van der Waals surface area contributed by atoms with Crippen LogP contribution in [0.2, 0.25) is 0 Å². The van der Waals surface area contributed by atoms with Gasteiger partial charge < -0.3 is 5.32 Å². The van der Waals surface area contributed by atoms with Crippen LogP contribution in [0.3, 0.4) is 0 Å². The number of carbonyl (C=O) groups excluding carboxylic acids is 2. The average molecular weight is 449 g/mol. The molecule has 4 rings (SSSR count). The van der Waals surface area contributed by atoms with Crippen molar-refractivity contribution < 1.29 is 9.59 Å². The highest BCUT2D eigenvalue weighted by Crippen LogP contribution is 2.25. The molecule has 2 N–H and O–H groups in total. The third-order valence-electron chi connectivity index (χ3n) is 4.97. The molecule has 164 valence electrons. The molecule has 3 aromatic heterocycles. The lowest BCUT2D eigenvalue weighted by Crippen LogP contribution is -2.15. The molecule has 0 aliphatic carbocycles. The van der Waals surface area contributed by atoms with Gasteiger partial charge in [-0.2, -0.15) is 5.10 Å². The minimum Gasteiger partial charge on any atom is -0.322 e. The van der Waals surface area contributed by atoms with E-state index < -0.39 is 0 Å². The maximum absolute atomic E-state index is 13.2. The van der Waals surface area contributed by atoms with Crippen molar-refractivity contribution in [3.63, 3.8) is 0 Å². The van der Waals surface area contributed by atoms with Crippen LogP contribution in [-0.2, 0) is 0 Å². The van der Waals surface area contributed by atoms with Crippen LogP contribution in [0.1, 0.15) is 66.1 Å². The van der Waals surface area contributed by atoms with Gasteiger partial charge in [0.1, 0.15) is 0 Å². The highest BCUT2D eigenvalue weighted by atomic mass is 32.1. The Bertz CT molecular complexity index is 1260. The van der Waals surface area contributed by atoms with E-state index in [1.807, 2.05) is 38.4 Å². The Morgan fingerprint density at radius 2 is 1.78 bits per heavy atom. The number of aromatic nitrogens is 4. The minimum atomic E-state index is -0.253. The van der Waals surface area contributed by atoms with Gasteiger partial charge in [-0.15, -0.1) is 11.3 Å². The van der Waals surface area contributed by atoms with Crippen LogP contribution >= 0.6 is 11.3 Å². The monoisotopic (exact) mass is 448 g/mol. The molecule has 8 nitrogen and oxygen atoms in total. The number of thiazole rings is 1. The molecule has 1 aromatic carbocycles. The summed E-state index contributed by atoms with van der Waals surface area (Å²) in [5, 5.41) is 13.1. The molecule has 0 bridgehead atoms. The average Bonchev–Trinajstić information content (AvgIpc) is 3.43. The van der Waals surface area contributed by atoms with Gasteiger partial charge in [0.15, 0.2) is 10.8 Å². The third kappa shape index (κ3) is 4.38. The Labute approximate surface area is 189 Å². The van der Waals surface area contributed by atoms with E-state index in [2.05, 4.69) is 20.7 Å². The van der Waals surface area contributed by atoms with Crippen molar-refractivity contribution in [1.82, 2.24) is 19.7 Å². The lowest BCUT2D eigenvalue weighted by molar-refractivity contribution is 0.102. The summed E-state index contributed by atoms with van der Waals surface area (Å²) in [5.41, 5.74) is 3.12. The fraction of sp³-hybridized carbons (Fsp3) is 0.261. The van der Waals surface area contributed by atoms with Gasteiger partial charge in [0, 0.05) is 34.6 Å². The van der Waals surface area contributed by atoms with E-state index in [0.29, 0.717) is 33.0 Å². The van der Waals surface area contributed by atoms with Crippen LogP contribution in [0.5, 0.6) is 0 Å². The van der Waals surface area contributed by atoms with E-state index in [4.69, 9.17) is 4.98 Å². The molecule has 0 radical (unpaired) electrons. The minimum absolute atomic E-state index is 0.126. The smallest absolute Gasteiger partial charge is 0.257 e. The van der Waals surface area contributed by atoms with Gasteiger partial charge in [-0.3, -0.25) is 14.9 Å². The maximum Gasteiger partial charge on any atom is 0.257 e. The first kappa shape index (κ1) is 21.6. The zero-order valence-electron chi connectivity index (χ0n) is 18.3. The molecular formula is C23H24N6O2S. The maximum atomic E-state index is 13.2. The zero-order chi connectivity index (χ0) is 22.8. The molecule has 0 aliphatic heterocycles. The Morgan fingerprint density at radius 1 is 1.03 bits per heavy atom. The summed E-state index contributed by atoms with van der Waals surface area (Å²) in [4.78, 5) is 34.3. The predicted molar refractivity (Wildman–Crippen MR) is 126 cm³/mol. The fourth-order valence-corrected chi connectivity index (χ4v) is 3.78. The van der Waals surface area contributed by atoms with Gasteiger partial charge in [0.25, 0.3) is 11.8 Å². The number of carbonyl (C=O) groups is 2. The van der Waals surface area contributed by atoms with Crippen molar-refractivity contribution in [3.8, 4) is 0 Å². The molecule has 9 heteroatoms. The van der Waals surface area contributed by atoms with Crippen LogP contribution < -0.4 is 10.6 Å². The lowest BCUT2D eigenvalue weighted by Gasteiger charge is -2.12. The van der Waals surface area contributed by atoms with Gasteiger partial charge >= 0.3 is 0 Å². The lowest BCUT2D eigenvalue weighted by atomic mass is 10.0. The number of fused-ring (bicyclic) bond motifs is 1. The second-order valence-corrected chi connectivity index (χ2v) is 8.89. The Hall–Kier alpha value is -3.59. The number of rotatable bonds is 6. The summed E-state index contributed by atoms with van der Waals surface area (Å²) >= 11 is 1.35. The molecule has 3 heterocycles. The Morgan fingerprint density at radius 3 is 2.41 bits per heavy atom. The van der Waals surface area contributed by atoms with Crippen molar-refractivity contribution in [1.29, 1.82) is 0 Å². The third-order valence-corrected chi connectivity index (χ3v) is 5.66. The topological polar surface area (TPSA) is 102 Å². The van der Waals surface area contributed by atoms with Crippen LogP contribution in [-0.4, -0.2) is 31.6 Å². The number of nitrogens with zero attached hydrogens (tertiary/aromatic N) is 4. The summed E-state index contributed by atoms with van der Waals surface area (Å²) in [6, 6.07) is 8.68. The van der Waals surface area contributed by atoms with E-state index in [1.165, 1.54) is 11.3 Å². The molecule has 0 saturated carbocycles.